The highest BCUT2D eigenvalue weighted by Gasteiger charge is 2.25. The predicted molar refractivity (Wildman–Crippen MR) is 89.9 cm³/mol. The molecule has 21 heavy (non-hydrogen) atoms. The Kier molecular flexibility index (Phi) is 5.55. The van der Waals surface area contributed by atoms with Crippen molar-refractivity contribution >= 4 is 15.9 Å². The van der Waals surface area contributed by atoms with E-state index in [9.17, 15) is 0 Å². The standard InChI is InChI=1S/C17H25BrN2O/c18-15-4-3-7-17(14-15)21-13-12-19-8-10-20(11-9-19)16-5-1-2-6-16/h3-4,7,14,16H,1-2,5-6,8-13H2. The van der Waals surface area contributed by atoms with E-state index < -0.39 is 0 Å². The second-order valence-electron chi connectivity index (χ2n) is 6.12. The molecule has 0 N–H and O–H groups in total. The molecular weight excluding hydrogens is 328 g/mol. The Balaban J connectivity index is 1.35. The summed E-state index contributed by atoms with van der Waals surface area (Å²) in [5, 5.41) is 0. The summed E-state index contributed by atoms with van der Waals surface area (Å²) in [5.74, 6) is 0.953. The molecule has 0 radical (unpaired) electrons. The zero-order chi connectivity index (χ0) is 14.5. The molecule has 1 aliphatic heterocycles. The zero-order valence-corrected chi connectivity index (χ0v) is 14.2. The highest BCUT2D eigenvalue weighted by Crippen LogP contribution is 2.24. The highest BCUT2D eigenvalue weighted by atomic mass is 79.9. The smallest absolute Gasteiger partial charge is 0.120 e. The molecule has 4 heteroatoms. The van der Waals surface area contributed by atoms with Gasteiger partial charge in [-0.3, -0.25) is 9.80 Å². The maximum Gasteiger partial charge on any atom is 0.120 e. The average Bonchev–Trinajstić information content (AvgIpc) is 3.02. The Morgan fingerprint density at radius 1 is 1.10 bits per heavy atom. The third kappa shape index (κ3) is 4.44. The van der Waals surface area contributed by atoms with Crippen molar-refractivity contribution in [1.29, 1.82) is 0 Å². The maximum atomic E-state index is 5.83. The summed E-state index contributed by atoms with van der Waals surface area (Å²) in [4.78, 5) is 5.24. The van der Waals surface area contributed by atoms with Crippen molar-refractivity contribution in [2.75, 3.05) is 39.3 Å². The fraction of sp³-hybridized carbons (Fsp3) is 0.647. The van der Waals surface area contributed by atoms with Crippen LogP contribution in [-0.2, 0) is 0 Å². The predicted octanol–water partition coefficient (Wildman–Crippen LogP) is 3.39. The first-order chi connectivity index (χ1) is 10.3. The van der Waals surface area contributed by atoms with Gasteiger partial charge in [0.2, 0.25) is 0 Å². The van der Waals surface area contributed by atoms with Crippen LogP contribution in [0.2, 0.25) is 0 Å². The number of nitrogens with zero attached hydrogens (tertiary/aromatic N) is 2. The molecular formula is C17H25BrN2O. The first-order valence-electron chi connectivity index (χ1n) is 8.16. The molecule has 0 amide bonds. The van der Waals surface area contributed by atoms with Crippen LogP contribution >= 0.6 is 15.9 Å². The van der Waals surface area contributed by atoms with Crippen LogP contribution in [0.25, 0.3) is 0 Å². The quantitative estimate of drug-likeness (QED) is 0.807. The summed E-state index contributed by atoms with van der Waals surface area (Å²) >= 11 is 3.47. The summed E-state index contributed by atoms with van der Waals surface area (Å²) in [7, 11) is 0. The molecule has 1 aliphatic carbocycles. The molecule has 0 unspecified atom stereocenters. The Morgan fingerprint density at radius 2 is 1.86 bits per heavy atom. The van der Waals surface area contributed by atoms with Crippen molar-refractivity contribution in [2.45, 2.75) is 31.7 Å². The van der Waals surface area contributed by atoms with E-state index in [-0.39, 0.29) is 0 Å². The minimum Gasteiger partial charge on any atom is -0.492 e. The topological polar surface area (TPSA) is 15.7 Å². The van der Waals surface area contributed by atoms with Gasteiger partial charge < -0.3 is 4.74 Å². The van der Waals surface area contributed by atoms with E-state index in [0.29, 0.717) is 0 Å². The summed E-state index contributed by atoms with van der Waals surface area (Å²) in [5.41, 5.74) is 0. The third-order valence-electron chi connectivity index (χ3n) is 4.72. The average molecular weight is 353 g/mol. The fourth-order valence-corrected chi connectivity index (χ4v) is 3.85. The molecule has 0 aromatic heterocycles. The molecule has 1 heterocycles. The van der Waals surface area contributed by atoms with Gasteiger partial charge >= 0.3 is 0 Å². The van der Waals surface area contributed by atoms with Crippen LogP contribution in [0.3, 0.4) is 0 Å². The molecule has 1 saturated carbocycles. The van der Waals surface area contributed by atoms with Crippen LogP contribution in [0.4, 0.5) is 0 Å². The van der Waals surface area contributed by atoms with E-state index >= 15 is 0 Å². The van der Waals surface area contributed by atoms with Gasteiger partial charge in [0, 0.05) is 43.2 Å². The van der Waals surface area contributed by atoms with Gasteiger partial charge in [-0.25, -0.2) is 0 Å². The van der Waals surface area contributed by atoms with E-state index in [4.69, 9.17) is 4.74 Å². The molecule has 0 atom stereocenters. The van der Waals surface area contributed by atoms with Crippen molar-refractivity contribution in [3.05, 3.63) is 28.7 Å². The molecule has 1 aromatic rings. The van der Waals surface area contributed by atoms with E-state index in [0.717, 1.165) is 29.4 Å². The Labute approximate surface area is 136 Å². The molecule has 116 valence electrons. The Hall–Kier alpha value is -0.580. The number of hydrogen-bond donors (Lipinski definition) is 0. The van der Waals surface area contributed by atoms with Crippen LogP contribution in [0, 0.1) is 0 Å². The lowest BCUT2D eigenvalue weighted by atomic mass is 10.2. The van der Waals surface area contributed by atoms with E-state index in [1.54, 1.807) is 0 Å². The van der Waals surface area contributed by atoms with Gasteiger partial charge in [-0.05, 0) is 31.0 Å². The summed E-state index contributed by atoms with van der Waals surface area (Å²) in [6, 6.07) is 8.96. The van der Waals surface area contributed by atoms with Gasteiger partial charge in [0.25, 0.3) is 0 Å². The number of hydrogen-bond acceptors (Lipinski definition) is 3. The molecule has 3 rings (SSSR count). The fourth-order valence-electron chi connectivity index (χ4n) is 3.47. The van der Waals surface area contributed by atoms with Crippen LogP contribution in [0.1, 0.15) is 25.7 Å². The molecule has 0 bridgehead atoms. The molecule has 1 aromatic carbocycles. The zero-order valence-electron chi connectivity index (χ0n) is 12.6. The molecule has 2 fully saturated rings. The van der Waals surface area contributed by atoms with Crippen LogP contribution in [-0.4, -0.2) is 55.2 Å². The normalized spacial score (nSPS) is 21.8. The van der Waals surface area contributed by atoms with E-state index in [1.165, 1.54) is 51.9 Å². The van der Waals surface area contributed by atoms with Gasteiger partial charge in [-0.2, -0.15) is 0 Å². The van der Waals surface area contributed by atoms with Crippen LogP contribution in [0.5, 0.6) is 5.75 Å². The summed E-state index contributed by atoms with van der Waals surface area (Å²) in [6.45, 7) is 6.67. The van der Waals surface area contributed by atoms with Crippen molar-refractivity contribution in [3.8, 4) is 5.75 Å². The first kappa shape index (κ1) is 15.3. The minimum atomic E-state index is 0.778. The van der Waals surface area contributed by atoms with E-state index in [2.05, 4.69) is 25.7 Å². The number of ether oxygens (including phenoxy) is 1. The minimum absolute atomic E-state index is 0.778. The SMILES string of the molecule is Brc1cccc(OCCN2CCN(C3CCCC3)CC2)c1. The lowest BCUT2D eigenvalue weighted by Crippen LogP contribution is -2.50. The van der Waals surface area contributed by atoms with Gasteiger partial charge in [-0.1, -0.05) is 34.8 Å². The Morgan fingerprint density at radius 3 is 2.57 bits per heavy atom. The van der Waals surface area contributed by atoms with Crippen LogP contribution < -0.4 is 4.74 Å². The second-order valence-corrected chi connectivity index (χ2v) is 7.04. The first-order valence-corrected chi connectivity index (χ1v) is 8.95. The lowest BCUT2D eigenvalue weighted by Gasteiger charge is -2.38. The largest absolute Gasteiger partial charge is 0.492 e. The molecule has 1 saturated heterocycles. The van der Waals surface area contributed by atoms with Crippen molar-refractivity contribution < 1.29 is 4.74 Å². The van der Waals surface area contributed by atoms with Crippen LogP contribution in [0.15, 0.2) is 28.7 Å². The van der Waals surface area contributed by atoms with Gasteiger partial charge in [-0.15, -0.1) is 0 Å². The lowest BCUT2D eigenvalue weighted by molar-refractivity contribution is 0.0881. The number of benzene rings is 1. The molecule has 3 nitrogen and oxygen atoms in total. The summed E-state index contributed by atoms with van der Waals surface area (Å²) < 4.78 is 6.91. The van der Waals surface area contributed by atoms with Crippen molar-refractivity contribution in [1.82, 2.24) is 9.80 Å². The van der Waals surface area contributed by atoms with Crippen molar-refractivity contribution in [2.24, 2.45) is 0 Å². The summed E-state index contributed by atoms with van der Waals surface area (Å²) in [6.07, 6.45) is 5.72. The Bertz CT molecular complexity index is 440. The van der Waals surface area contributed by atoms with Crippen molar-refractivity contribution in [3.63, 3.8) is 0 Å². The second kappa shape index (κ2) is 7.61. The number of piperazine rings is 1. The van der Waals surface area contributed by atoms with Gasteiger partial charge in [0.15, 0.2) is 0 Å². The number of halogens is 1. The van der Waals surface area contributed by atoms with Gasteiger partial charge in [0.05, 0.1) is 0 Å². The molecule has 2 aliphatic rings. The monoisotopic (exact) mass is 352 g/mol. The maximum absolute atomic E-state index is 5.83. The highest BCUT2D eigenvalue weighted by molar-refractivity contribution is 9.10. The van der Waals surface area contributed by atoms with Gasteiger partial charge in [0.1, 0.15) is 12.4 Å². The van der Waals surface area contributed by atoms with E-state index in [1.807, 2.05) is 24.3 Å². The number of rotatable bonds is 5. The molecule has 0 spiro atoms. The third-order valence-corrected chi connectivity index (χ3v) is 5.21.